The molecule has 0 aromatic carbocycles. The minimum absolute atomic E-state index is 0.175. The minimum atomic E-state index is -0.175. The lowest BCUT2D eigenvalue weighted by molar-refractivity contribution is 0.659. The summed E-state index contributed by atoms with van der Waals surface area (Å²) in [5.74, 6) is 1.55. The first-order chi connectivity index (χ1) is 8.81. The monoisotopic (exact) mass is 248 g/mol. The Hall–Kier alpha value is -2.05. The van der Waals surface area contributed by atoms with Crippen LogP contribution in [0.5, 0.6) is 0 Å². The van der Waals surface area contributed by atoms with Crippen molar-refractivity contribution >= 4 is 11.8 Å². The summed E-state index contributed by atoms with van der Waals surface area (Å²) in [6, 6.07) is 0. The van der Waals surface area contributed by atoms with Crippen molar-refractivity contribution in [3.8, 4) is 0 Å². The maximum absolute atomic E-state index is 11.7. The van der Waals surface area contributed by atoms with Crippen molar-refractivity contribution in [3.63, 3.8) is 0 Å². The van der Waals surface area contributed by atoms with Gasteiger partial charge >= 0.3 is 5.69 Å². The van der Waals surface area contributed by atoms with Gasteiger partial charge in [-0.15, -0.1) is 5.10 Å². The van der Waals surface area contributed by atoms with Gasteiger partial charge in [0.05, 0.1) is 18.6 Å². The van der Waals surface area contributed by atoms with Crippen LogP contribution in [0.2, 0.25) is 0 Å². The molecular formula is C11H16N6O. The second kappa shape index (κ2) is 4.32. The summed E-state index contributed by atoms with van der Waals surface area (Å²) in [5, 5.41) is 6.59. The average molecular weight is 248 g/mol. The van der Waals surface area contributed by atoms with E-state index in [1.807, 2.05) is 4.90 Å². The topological polar surface area (TPSA) is 82.6 Å². The zero-order valence-corrected chi connectivity index (χ0v) is 10.3. The van der Waals surface area contributed by atoms with Crippen LogP contribution in [0.4, 0.5) is 11.8 Å². The number of aromatic nitrogens is 5. The number of hydrogen-bond acceptors (Lipinski definition) is 4. The van der Waals surface area contributed by atoms with Gasteiger partial charge in [-0.3, -0.25) is 9.47 Å². The molecule has 7 nitrogen and oxygen atoms in total. The van der Waals surface area contributed by atoms with E-state index in [2.05, 4.69) is 27.1 Å². The zero-order valence-electron chi connectivity index (χ0n) is 10.3. The van der Waals surface area contributed by atoms with E-state index >= 15 is 0 Å². The Labute approximate surface area is 104 Å². The molecule has 3 heterocycles. The van der Waals surface area contributed by atoms with Crippen LogP contribution in [0.25, 0.3) is 0 Å². The molecule has 0 fully saturated rings. The molecule has 0 atom stereocenters. The van der Waals surface area contributed by atoms with Gasteiger partial charge in [-0.05, 0) is 6.42 Å². The van der Waals surface area contributed by atoms with Crippen molar-refractivity contribution in [2.24, 2.45) is 0 Å². The van der Waals surface area contributed by atoms with E-state index in [0.29, 0.717) is 12.5 Å². The van der Waals surface area contributed by atoms with E-state index in [9.17, 15) is 4.79 Å². The summed E-state index contributed by atoms with van der Waals surface area (Å²) in [4.78, 5) is 21.1. The molecule has 0 aliphatic carbocycles. The Morgan fingerprint density at radius 1 is 1.44 bits per heavy atom. The highest BCUT2D eigenvalue weighted by atomic mass is 16.2. The van der Waals surface area contributed by atoms with E-state index in [1.54, 1.807) is 10.9 Å². The van der Waals surface area contributed by atoms with Crippen LogP contribution in [-0.4, -0.2) is 31.3 Å². The Balaban J connectivity index is 1.95. The first-order valence-electron chi connectivity index (χ1n) is 6.26. The number of nitrogens with zero attached hydrogens (tertiary/aromatic N) is 4. The first-order valence-corrected chi connectivity index (χ1v) is 6.26. The van der Waals surface area contributed by atoms with Gasteiger partial charge in [0.25, 0.3) is 0 Å². The highest BCUT2D eigenvalue weighted by Crippen LogP contribution is 2.29. The lowest BCUT2D eigenvalue weighted by Crippen LogP contribution is -2.31. The number of unbranched alkanes of at least 4 members (excludes halogenated alkanes) is 2. The van der Waals surface area contributed by atoms with Crippen LogP contribution < -0.4 is 10.6 Å². The van der Waals surface area contributed by atoms with Crippen molar-refractivity contribution in [1.29, 1.82) is 0 Å². The van der Waals surface area contributed by atoms with Gasteiger partial charge in [-0.2, -0.15) is 0 Å². The summed E-state index contributed by atoms with van der Waals surface area (Å²) < 4.78 is 1.63. The Morgan fingerprint density at radius 2 is 2.33 bits per heavy atom. The molecule has 18 heavy (non-hydrogen) atoms. The molecule has 96 valence electrons. The van der Waals surface area contributed by atoms with E-state index < -0.39 is 0 Å². The molecule has 0 saturated heterocycles. The molecule has 0 saturated carbocycles. The summed E-state index contributed by atoms with van der Waals surface area (Å²) >= 11 is 0. The van der Waals surface area contributed by atoms with Crippen molar-refractivity contribution in [2.45, 2.75) is 32.7 Å². The van der Waals surface area contributed by atoms with Crippen LogP contribution in [0, 0.1) is 0 Å². The number of imidazole rings is 1. The smallest absolute Gasteiger partial charge is 0.345 e. The van der Waals surface area contributed by atoms with Gasteiger partial charge in [0.1, 0.15) is 0 Å². The van der Waals surface area contributed by atoms with Crippen LogP contribution in [-0.2, 0) is 6.54 Å². The van der Waals surface area contributed by atoms with Crippen LogP contribution in [0.3, 0.4) is 0 Å². The number of rotatable bonds is 4. The lowest BCUT2D eigenvalue weighted by Gasteiger charge is -2.26. The quantitative estimate of drug-likeness (QED) is 0.790. The molecule has 0 bridgehead atoms. The summed E-state index contributed by atoms with van der Waals surface area (Å²) in [5.41, 5.74) is 0.785. The third kappa shape index (κ3) is 1.62. The molecule has 3 rings (SSSR count). The molecule has 2 aromatic rings. The third-order valence-corrected chi connectivity index (χ3v) is 3.23. The fraction of sp³-hybridized carbons (Fsp3) is 0.545. The highest BCUT2D eigenvalue weighted by Gasteiger charge is 2.27. The number of H-pyrrole nitrogens is 2. The largest absolute Gasteiger partial charge is 0.345 e. The Kier molecular flexibility index (Phi) is 2.66. The number of fused-ring (bicyclic) bond motifs is 2. The number of anilines is 2. The molecule has 1 aliphatic heterocycles. The fourth-order valence-electron chi connectivity index (χ4n) is 2.30. The van der Waals surface area contributed by atoms with Gasteiger partial charge in [0.2, 0.25) is 5.95 Å². The number of nitrogens with one attached hydrogen (secondary N) is 2. The molecule has 1 aliphatic rings. The summed E-state index contributed by atoms with van der Waals surface area (Å²) in [6.45, 7) is 3.50. The second-order valence-corrected chi connectivity index (χ2v) is 4.48. The Morgan fingerprint density at radius 3 is 3.17 bits per heavy atom. The predicted octanol–water partition coefficient (Wildman–Crippen LogP) is 0.984. The van der Waals surface area contributed by atoms with Gasteiger partial charge in [-0.25, -0.2) is 14.9 Å². The predicted molar refractivity (Wildman–Crippen MR) is 67.1 cm³/mol. The van der Waals surface area contributed by atoms with Crippen LogP contribution >= 0.6 is 0 Å². The zero-order chi connectivity index (χ0) is 12.5. The van der Waals surface area contributed by atoms with Crippen molar-refractivity contribution in [3.05, 3.63) is 22.5 Å². The van der Waals surface area contributed by atoms with Gasteiger partial charge in [0, 0.05) is 6.54 Å². The first kappa shape index (κ1) is 11.1. The third-order valence-electron chi connectivity index (χ3n) is 3.23. The SMILES string of the molecule is CCCCCN1c2nc[nH]c2Cn2c1n[nH]c2=O. The molecule has 2 aromatic heterocycles. The second-order valence-electron chi connectivity index (χ2n) is 4.48. The van der Waals surface area contributed by atoms with Gasteiger partial charge in [-0.1, -0.05) is 19.8 Å². The molecule has 2 N–H and O–H groups in total. The maximum Gasteiger partial charge on any atom is 0.345 e. The summed E-state index contributed by atoms with van der Waals surface area (Å²) in [7, 11) is 0. The van der Waals surface area contributed by atoms with E-state index in [4.69, 9.17) is 0 Å². The van der Waals surface area contributed by atoms with Crippen molar-refractivity contribution in [1.82, 2.24) is 24.7 Å². The number of aromatic amines is 2. The van der Waals surface area contributed by atoms with E-state index in [1.165, 1.54) is 0 Å². The van der Waals surface area contributed by atoms with Gasteiger partial charge < -0.3 is 4.98 Å². The highest BCUT2D eigenvalue weighted by molar-refractivity contribution is 5.58. The maximum atomic E-state index is 11.7. The normalized spacial score (nSPS) is 13.5. The van der Waals surface area contributed by atoms with Crippen molar-refractivity contribution in [2.75, 3.05) is 11.4 Å². The lowest BCUT2D eigenvalue weighted by atomic mass is 10.2. The molecule has 0 unspecified atom stereocenters. The number of hydrogen-bond donors (Lipinski definition) is 2. The van der Waals surface area contributed by atoms with Gasteiger partial charge in [0.15, 0.2) is 5.82 Å². The minimum Gasteiger partial charge on any atom is -0.345 e. The summed E-state index contributed by atoms with van der Waals surface area (Å²) in [6.07, 6.45) is 5.04. The fourth-order valence-corrected chi connectivity index (χ4v) is 2.30. The standard InChI is InChI=1S/C11H16N6O/c1-2-3-4-5-16-9-8(12-7-13-9)6-17-10(16)14-15-11(17)18/h7H,2-6H2,1H3,(H,12,13)(H,15,18). The molecule has 7 heteroatoms. The van der Waals surface area contributed by atoms with Crippen molar-refractivity contribution < 1.29 is 0 Å². The molecule has 0 spiro atoms. The average Bonchev–Trinajstić information content (AvgIpc) is 2.97. The van der Waals surface area contributed by atoms with Crippen LogP contribution in [0.15, 0.2) is 11.1 Å². The molecular weight excluding hydrogens is 232 g/mol. The molecule has 0 radical (unpaired) electrons. The van der Waals surface area contributed by atoms with Crippen LogP contribution in [0.1, 0.15) is 31.9 Å². The Bertz CT molecular complexity index is 595. The van der Waals surface area contributed by atoms with E-state index in [-0.39, 0.29) is 5.69 Å². The molecule has 0 amide bonds. The van der Waals surface area contributed by atoms with E-state index in [0.717, 1.165) is 37.3 Å².